The maximum atomic E-state index is 13.4. The number of hydrogen-bond donors (Lipinski definition) is 0. The van der Waals surface area contributed by atoms with E-state index in [4.69, 9.17) is 18.9 Å². The molecule has 0 saturated carbocycles. The van der Waals surface area contributed by atoms with Crippen molar-refractivity contribution in [3.05, 3.63) is 53.6 Å². The highest BCUT2D eigenvalue weighted by Crippen LogP contribution is 2.39. The summed E-state index contributed by atoms with van der Waals surface area (Å²) in [5, 5.41) is 0. The molecule has 28 heavy (non-hydrogen) atoms. The van der Waals surface area contributed by atoms with E-state index in [0.29, 0.717) is 36.0 Å². The molecule has 0 radical (unpaired) electrons. The maximum absolute atomic E-state index is 13.4. The van der Waals surface area contributed by atoms with E-state index in [0.717, 1.165) is 5.56 Å². The normalized spacial score (nSPS) is 18.5. The molecule has 1 atom stereocenters. The predicted octanol–water partition coefficient (Wildman–Crippen LogP) is 3.70. The van der Waals surface area contributed by atoms with Crippen molar-refractivity contribution < 1.29 is 23.7 Å². The molecule has 0 aliphatic carbocycles. The first-order chi connectivity index (χ1) is 13.4. The van der Waals surface area contributed by atoms with Crippen LogP contribution < -0.4 is 14.2 Å². The van der Waals surface area contributed by atoms with E-state index in [-0.39, 0.29) is 12.0 Å². The van der Waals surface area contributed by atoms with E-state index in [1.165, 1.54) is 21.3 Å². The summed E-state index contributed by atoms with van der Waals surface area (Å²) in [6.45, 7) is 4.92. The Morgan fingerprint density at radius 1 is 1.04 bits per heavy atom. The molecule has 1 aliphatic heterocycles. The highest BCUT2D eigenvalue weighted by atomic mass is 16.5. The van der Waals surface area contributed by atoms with Crippen molar-refractivity contribution in [1.29, 1.82) is 0 Å². The fraction of sp³-hybridized carbons (Fsp3) is 0.409. The molecule has 2 aromatic rings. The van der Waals surface area contributed by atoms with Crippen LogP contribution in [0.4, 0.5) is 0 Å². The van der Waals surface area contributed by atoms with Gasteiger partial charge in [0, 0.05) is 5.56 Å². The van der Waals surface area contributed by atoms with Crippen molar-refractivity contribution in [1.82, 2.24) is 4.90 Å². The second-order valence-corrected chi connectivity index (χ2v) is 7.35. The van der Waals surface area contributed by atoms with E-state index >= 15 is 0 Å². The van der Waals surface area contributed by atoms with Gasteiger partial charge in [-0.15, -0.1) is 0 Å². The highest BCUT2D eigenvalue weighted by molar-refractivity contribution is 5.96. The van der Waals surface area contributed by atoms with E-state index in [1.807, 2.05) is 49.1 Å². The smallest absolute Gasteiger partial charge is 0.254 e. The van der Waals surface area contributed by atoms with Crippen LogP contribution in [0.15, 0.2) is 42.5 Å². The standard InChI is InChI=1S/C22H27NO5/c1-22(2)14-28-19(15-9-7-6-8-10-15)13-23(22)21(24)16-11-17(25-3)20(27-5)18(12-16)26-4/h6-12,19H,13-14H2,1-5H3. The summed E-state index contributed by atoms with van der Waals surface area (Å²) in [5.74, 6) is 1.27. The molecule has 3 rings (SSSR count). The Morgan fingerprint density at radius 2 is 1.64 bits per heavy atom. The third-order valence-corrected chi connectivity index (χ3v) is 5.05. The second kappa shape index (κ2) is 8.10. The molecule has 1 unspecified atom stereocenters. The van der Waals surface area contributed by atoms with E-state index in [1.54, 1.807) is 12.1 Å². The minimum Gasteiger partial charge on any atom is -0.493 e. The molecular weight excluding hydrogens is 358 g/mol. The van der Waals surface area contributed by atoms with E-state index < -0.39 is 5.54 Å². The van der Waals surface area contributed by atoms with Crippen molar-refractivity contribution in [2.24, 2.45) is 0 Å². The number of benzene rings is 2. The molecule has 1 amide bonds. The van der Waals surface area contributed by atoms with Crippen LogP contribution in [0, 0.1) is 0 Å². The Morgan fingerprint density at radius 3 is 2.18 bits per heavy atom. The zero-order valence-electron chi connectivity index (χ0n) is 17.0. The van der Waals surface area contributed by atoms with Crippen molar-refractivity contribution in [3.8, 4) is 17.2 Å². The largest absolute Gasteiger partial charge is 0.493 e. The molecule has 1 saturated heterocycles. The monoisotopic (exact) mass is 385 g/mol. The van der Waals surface area contributed by atoms with Gasteiger partial charge >= 0.3 is 0 Å². The van der Waals surface area contributed by atoms with Crippen LogP contribution in [-0.4, -0.2) is 50.8 Å². The molecule has 1 heterocycles. The summed E-state index contributed by atoms with van der Waals surface area (Å²) in [4.78, 5) is 15.3. The summed E-state index contributed by atoms with van der Waals surface area (Å²) in [5.41, 5.74) is 1.10. The Hall–Kier alpha value is -2.73. The Labute approximate surface area is 166 Å². The lowest BCUT2D eigenvalue weighted by atomic mass is 9.96. The molecule has 2 aromatic carbocycles. The molecular formula is C22H27NO5. The molecule has 6 nitrogen and oxygen atoms in total. The second-order valence-electron chi connectivity index (χ2n) is 7.35. The van der Waals surface area contributed by atoms with Gasteiger partial charge in [-0.2, -0.15) is 0 Å². The zero-order chi connectivity index (χ0) is 20.3. The Bertz CT molecular complexity index is 809. The van der Waals surface area contributed by atoms with Crippen molar-refractivity contribution >= 4 is 5.91 Å². The van der Waals surface area contributed by atoms with Crippen LogP contribution in [-0.2, 0) is 4.74 Å². The third-order valence-electron chi connectivity index (χ3n) is 5.05. The van der Waals surface area contributed by atoms with Crippen LogP contribution in [0.2, 0.25) is 0 Å². The topological polar surface area (TPSA) is 57.2 Å². The molecule has 1 aliphatic rings. The van der Waals surface area contributed by atoms with Crippen LogP contribution in [0.5, 0.6) is 17.2 Å². The Balaban J connectivity index is 1.95. The fourth-order valence-electron chi connectivity index (χ4n) is 3.44. The van der Waals surface area contributed by atoms with Gasteiger partial charge in [0.05, 0.1) is 40.0 Å². The van der Waals surface area contributed by atoms with Gasteiger partial charge in [-0.25, -0.2) is 0 Å². The summed E-state index contributed by atoms with van der Waals surface area (Å²) in [6, 6.07) is 13.3. The van der Waals surface area contributed by atoms with Gasteiger partial charge in [-0.05, 0) is 31.5 Å². The van der Waals surface area contributed by atoms with Gasteiger partial charge in [0.1, 0.15) is 6.10 Å². The number of carbonyl (C=O) groups excluding carboxylic acids is 1. The summed E-state index contributed by atoms with van der Waals surface area (Å²) >= 11 is 0. The van der Waals surface area contributed by atoms with Crippen molar-refractivity contribution in [3.63, 3.8) is 0 Å². The van der Waals surface area contributed by atoms with Crippen LogP contribution in [0.1, 0.15) is 35.9 Å². The third kappa shape index (κ3) is 3.78. The molecule has 150 valence electrons. The first kappa shape index (κ1) is 20.0. The predicted molar refractivity (Wildman–Crippen MR) is 106 cm³/mol. The summed E-state index contributed by atoms with van der Waals surface area (Å²) < 4.78 is 22.2. The fourth-order valence-corrected chi connectivity index (χ4v) is 3.44. The van der Waals surface area contributed by atoms with Crippen LogP contribution in [0.3, 0.4) is 0 Å². The summed E-state index contributed by atoms with van der Waals surface area (Å²) in [7, 11) is 4.61. The lowest BCUT2D eigenvalue weighted by Crippen LogP contribution is -2.56. The van der Waals surface area contributed by atoms with E-state index in [9.17, 15) is 4.79 Å². The van der Waals surface area contributed by atoms with E-state index in [2.05, 4.69) is 0 Å². The van der Waals surface area contributed by atoms with Crippen LogP contribution >= 0.6 is 0 Å². The lowest BCUT2D eigenvalue weighted by molar-refractivity contribution is -0.0846. The molecule has 0 bridgehead atoms. The molecule has 6 heteroatoms. The first-order valence-electron chi connectivity index (χ1n) is 9.19. The number of hydrogen-bond acceptors (Lipinski definition) is 5. The average molecular weight is 385 g/mol. The number of rotatable bonds is 5. The number of amides is 1. The SMILES string of the molecule is COc1cc(C(=O)N2CC(c3ccccc3)OCC2(C)C)cc(OC)c1OC. The van der Waals surface area contributed by atoms with Crippen molar-refractivity contribution in [2.45, 2.75) is 25.5 Å². The van der Waals surface area contributed by atoms with Gasteiger partial charge in [0.25, 0.3) is 5.91 Å². The highest BCUT2D eigenvalue weighted by Gasteiger charge is 2.39. The van der Waals surface area contributed by atoms with Gasteiger partial charge < -0.3 is 23.8 Å². The quantitative estimate of drug-likeness (QED) is 0.785. The number of ether oxygens (including phenoxy) is 4. The molecule has 0 spiro atoms. The van der Waals surface area contributed by atoms with Gasteiger partial charge in [-0.1, -0.05) is 30.3 Å². The number of methoxy groups -OCH3 is 3. The first-order valence-corrected chi connectivity index (χ1v) is 9.19. The van der Waals surface area contributed by atoms with Crippen LogP contribution in [0.25, 0.3) is 0 Å². The molecule has 0 N–H and O–H groups in total. The molecule has 0 aromatic heterocycles. The Kier molecular flexibility index (Phi) is 5.79. The number of carbonyl (C=O) groups is 1. The van der Waals surface area contributed by atoms with Gasteiger partial charge in [-0.3, -0.25) is 4.79 Å². The average Bonchev–Trinajstić information content (AvgIpc) is 2.72. The summed E-state index contributed by atoms with van der Waals surface area (Å²) in [6.07, 6.45) is -0.166. The number of nitrogens with zero attached hydrogens (tertiary/aromatic N) is 1. The lowest BCUT2D eigenvalue weighted by Gasteiger charge is -2.45. The van der Waals surface area contributed by atoms with Gasteiger partial charge in [0.15, 0.2) is 11.5 Å². The van der Waals surface area contributed by atoms with Crippen molar-refractivity contribution in [2.75, 3.05) is 34.5 Å². The van der Waals surface area contributed by atoms with Gasteiger partial charge in [0.2, 0.25) is 5.75 Å². The maximum Gasteiger partial charge on any atom is 0.254 e. The minimum absolute atomic E-state index is 0.103. The molecule has 1 fully saturated rings. The zero-order valence-corrected chi connectivity index (χ0v) is 17.0. The number of morpholine rings is 1. The minimum atomic E-state index is -0.442.